The van der Waals surface area contributed by atoms with E-state index in [1.54, 1.807) is 0 Å². The lowest BCUT2D eigenvalue weighted by Gasteiger charge is -2.33. The van der Waals surface area contributed by atoms with Crippen molar-refractivity contribution in [3.8, 4) is 0 Å². The second-order valence-electron chi connectivity index (χ2n) is 7.19. The van der Waals surface area contributed by atoms with Crippen LogP contribution in [0, 0.1) is 13.8 Å². The Hall–Kier alpha value is -2.30. The second kappa shape index (κ2) is 7.30. The Morgan fingerprint density at radius 2 is 1.92 bits per heavy atom. The van der Waals surface area contributed by atoms with Gasteiger partial charge >= 0.3 is 0 Å². The molecule has 1 aromatic carbocycles. The van der Waals surface area contributed by atoms with E-state index in [2.05, 4.69) is 41.7 Å². The Balaban J connectivity index is 1.64. The highest BCUT2D eigenvalue weighted by Gasteiger charge is 2.29. The number of carbonyl (C=O) groups is 1. The molecule has 5 heteroatoms. The Morgan fingerprint density at radius 3 is 2.56 bits per heavy atom. The number of benzene rings is 1. The van der Waals surface area contributed by atoms with Crippen LogP contribution in [-0.2, 0) is 0 Å². The molecule has 25 heavy (non-hydrogen) atoms. The van der Waals surface area contributed by atoms with Crippen molar-refractivity contribution < 1.29 is 9.32 Å². The van der Waals surface area contributed by atoms with Gasteiger partial charge in [0.25, 0.3) is 5.91 Å². The highest BCUT2D eigenvalue weighted by atomic mass is 16.5. The van der Waals surface area contributed by atoms with Crippen LogP contribution < -0.4 is 5.32 Å². The van der Waals surface area contributed by atoms with Gasteiger partial charge in [0.15, 0.2) is 5.76 Å². The average Bonchev–Trinajstić information content (AvgIpc) is 2.99. The second-order valence-corrected chi connectivity index (χ2v) is 7.19. The third-order valence-corrected chi connectivity index (χ3v) is 4.91. The predicted octanol–water partition coefficient (Wildman–Crippen LogP) is 4.13. The summed E-state index contributed by atoms with van der Waals surface area (Å²) in [5, 5.41) is 7.61. The Morgan fingerprint density at radius 1 is 1.24 bits per heavy atom. The molecule has 5 nitrogen and oxygen atoms in total. The fraction of sp³-hybridized carbons (Fsp3) is 0.500. The van der Waals surface area contributed by atoms with Gasteiger partial charge in [-0.25, -0.2) is 0 Å². The molecule has 0 aliphatic carbocycles. The van der Waals surface area contributed by atoms with Crippen LogP contribution >= 0.6 is 0 Å². The quantitative estimate of drug-likeness (QED) is 0.908. The van der Waals surface area contributed by atoms with Gasteiger partial charge in [-0.2, -0.15) is 0 Å². The molecule has 0 saturated carbocycles. The van der Waals surface area contributed by atoms with Crippen LogP contribution in [0.15, 0.2) is 28.8 Å². The lowest BCUT2D eigenvalue weighted by atomic mass is 10.0. The number of carbonyl (C=O) groups excluding carboxylic acids is 1. The highest BCUT2D eigenvalue weighted by molar-refractivity contribution is 5.96. The molecular weight excluding hydrogens is 314 g/mol. The maximum atomic E-state index is 12.9. The molecule has 1 aromatic heterocycles. The largest absolute Gasteiger partial charge is 0.382 e. The summed E-state index contributed by atoms with van der Waals surface area (Å²) in [5.74, 6) is 0.903. The van der Waals surface area contributed by atoms with E-state index in [0.29, 0.717) is 23.1 Å². The summed E-state index contributed by atoms with van der Waals surface area (Å²) in [7, 11) is 0. The van der Waals surface area contributed by atoms with Crippen molar-refractivity contribution in [1.29, 1.82) is 0 Å². The highest BCUT2D eigenvalue weighted by Crippen LogP contribution is 2.26. The lowest BCUT2D eigenvalue weighted by Crippen LogP contribution is -2.42. The van der Waals surface area contributed by atoms with Gasteiger partial charge in [0.05, 0.1) is 5.69 Å². The van der Waals surface area contributed by atoms with E-state index >= 15 is 0 Å². The summed E-state index contributed by atoms with van der Waals surface area (Å²) in [6.07, 6.45) is 1.89. The number of nitrogens with one attached hydrogen (secondary N) is 1. The summed E-state index contributed by atoms with van der Waals surface area (Å²) in [6.45, 7) is 9.51. The average molecular weight is 341 g/mol. The van der Waals surface area contributed by atoms with Crippen LogP contribution in [0.25, 0.3) is 0 Å². The van der Waals surface area contributed by atoms with Crippen molar-refractivity contribution >= 4 is 11.6 Å². The molecule has 0 radical (unpaired) electrons. The number of para-hydroxylation sites is 1. The lowest BCUT2D eigenvalue weighted by molar-refractivity contribution is 0.0715. The minimum atomic E-state index is 0.0526. The topological polar surface area (TPSA) is 58.4 Å². The molecule has 1 amide bonds. The number of hydrogen-bond acceptors (Lipinski definition) is 4. The maximum Gasteiger partial charge on any atom is 0.259 e. The normalized spacial score (nSPS) is 15.6. The number of amides is 1. The first-order chi connectivity index (χ1) is 12.0. The third kappa shape index (κ3) is 3.70. The maximum absolute atomic E-state index is 12.9. The molecule has 0 unspecified atom stereocenters. The molecular formula is C20H27N3O2. The zero-order valence-corrected chi connectivity index (χ0v) is 15.5. The van der Waals surface area contributed by atoms with E-state index < -0.39 is 0 Å². The van der Waals surface area contributed by atoms with Crippen molar-refractivity contribution in [3.63, 3.8) is 0 Å². The first kappa shape index (κ1) is 17.5. The van der Waals surface area contributed by atoms with Crippen LogP contribution in [-0.4, -0.2) is 35.1 Å². The zero-order chi connectivity index (χ0) is 18.0. The summed E-state index contributed by atoms with van der Waals surface area (Å²) >= 11 is 0. The molecule has 1 aliphatic heterocycles. The van der Waals surface area contributed by atoms with Gasteiger partial charge < -0.3 is 14.7 Å². The molecule has 1 fully saturated rings. The van der Waals surface area contributed by atoms with Crippen LogP contribution in [0.5, 0.6) is 0 Å². The van der Waals surface area contributed by atoms with E-state index in [1.807, 2.05) is 25.7 Å². The molecule has 3 rings (SSSR count). The number of aryl methyl sites for hydroxylation is 2. The van der Waals surface area contributed by atoms with Crippen molar-refractivity contribution in [1.82, 2.24) is 10.1 Å². The Labute approximate surface area is 149 Å². The van der Waals surface area contributed by atoms with Crippen LogP contribution in [0.4, 0.5) is 5.69 Å². The molecule has 134 valence electrons. The Bertz CT molecular complexity index is 743. The van der Waals surface area contributed by atoms with Crippen molar-refractivity contribution in [3.05, 3.63) is 46.8 Å². The van der Waals surface area contributed by atoms with Crippen molar-refractivity contribution in [2.75, 3.05) is 18.4 Å². The van der Waals surface area contributed by atoms with Crippen LogP contribution in [0.2, 0.25) is 0 Å². The molecule has 0 spiro atoms. The van der Waals surface area contributed by atoms with E-state index in [1.165, 1.54) is 11.3 Å². The number of nitrogens with zero attached hydrogens (tertiary/aromatic N) is 2. The minimum absolute atomic E-state index is 0.0526. The van der Waals surface area contributed by atoms with Crippen molar-refractivity contribution in [2.24, 2.45) is 0 Å². The molecule has 2 aromatic rings. The van der Waals surface area contributed by atoms with Gasteiger partial charge in [0.1, 0.15) is 5.56 Å². The molecule has 0 atom stereocenters. The first-order valence-corrected chi connectivity index (χ1v) is 9.05. The number of anilines is 1. The van der Waals surface area contributed by atoms with Gasteiger partial charge in [-0.1, -0.05) is 37.2 Å². The minimum Gasteiger partial charge on any atom is -0.382 e. The standard InChI is InChI=1S/C20H27N3O2/c1-13(2)19-18(15(4)22-25-19)20(24)23-11-9-16(10-12-23)21-17-8-6-5-7-14(17)3/h5-8,13,16,21H,9-12H2,1-4H3. The van der Waals surface area contributed by atoms with Crippen molar-refractivity contribution in [2.45, 2.75) is 52.5 Å². The summed E-state index contributed by atoms with van der Waals surface area (Å²) in [6, 6.07) is 8.73. The van der Waals surface area contributed by atoms with E-state index in [4.69, 9.17) is 4.52 Å². The molecule has 1 saturated heterocycles. The fourth-order valence-electron chi connectivity index (χ4n) is 3.38. The van der Waals surface area contributed by atoms with Gasteiger partial charge in [-0.15, -0.1) is 0 Å². The molecule has 0 bridgehead atoms. The number of aromatic nitrogens is 1. The van der Waals surface area contributed by atoms with Gasteiger partial charge in [-0.05, 0) is 38.3 Å². The number of hydrogen-bond donors (Lipinski definition) is 1. The number of likely N-dealkylation sites (tertiary alicyclic amines) is 1. The number of rotatable bonds is 4. The molecule has 1 N–H and O–H groups in total. The smallest absolute Gasteiger partial charge is 0.259 e. The molecule has 2 heterocycles. The predicted molar refractivity (Wildman–Crippen MR) is 99.1 cm³/mol. The van der Waals surface area contributed by atoms with Crippen LogP contribution in [0.1, 0.15) is 60.0 Å². The summed E-state index contributed by atoms with van der Waals surface area (Å²) in [5.41, 5.74) is 3.78. The third-order valence-electron chi connectivity index (χ3n) is 4.91. The van der Waals surface area contributed by atoms with E-state index in [9.17, 15) is 4.79 Å². The van der Waals surface area contributed by atoms with Gasteiger partial charge in [0, 0.05) is 30.7 Å². The van der Waals surface area contributed by atoms with Crippen LogP contribution in [0.3, 0.4) is 0 Å². The number of piperidine rings is 1. The SMILES string of the molecule is Cc1ccccc1NC1CCN(C(=O)c2c(C)noc2C(C)C)CC1. The van der Waals surface area contributed by atoms with Gasteiger partial charge in [0.2, 0.25) is 0 Å². The first-order valence-electron chi connectivity index (χ1n) is 9.05. The monoisotopic (exact) mass is 341 g/mol. The fourth-order valence-corrected chi connectivity index (χ4v) is 3.38. The van der Waals surface area contributed by atoms with E-state index in [0.717, 1.165) is 25.9 Å². The zero-order valence-electron chi connectivity index (χ0n) is 15.5. The summed E-state index contributed by atoms with van der Waals surface area (Å²) < 4.78 is 5.37. The molecule has 1 aliphatic rings. The Kier molecular flexibility index (Phi) is 5.11. The van der Waals surface area contributed by atoms with E-state index in [-0.39, 0.29) is 11.8 Å². The van der Waals surface area contributed by atoms with Gasteiger partial charge in [-0.3, -0.25) is 4.79 Å². The summed E-state index contributed by atoms with van der Waals surface area (Å²) in [4.78, 5) is 14.9.